The molecule has 0 fully saturated rings. The van der Waals surface area contributed by atoms with Gasteiger partial charge in [-0.3, -0.25) is 14.4 Å². The fourth-order valence-corrected chi connectivity index (χ4v) is 5.10. The van der Waals surface area contributed by atoms with Gasteiger partial charge in [-0.15, -0.1) is 11.8 Å². The molecular weight excluding hydrogens is 548 g/mol. The van der Waals surface area contributed by atoms with E-state index in [4.69, 9.17) is 9.47 Å². The summed E-state index contributed by atoms with van der Waals surface area (Å²) in [6.45, 7) is 4.38. The summed E-state index contributed by atoms with van der Waals surface area (Å²) >= 11 is 1.36. The van der Waals surface area contributed by atoms with E-state index in [-0.39, 0.29) is 29.9 Å². The highest BCUT2D eigenvalue weighted by Gasteiger charge is 2.18. The molecule has 4 aromatic rings. The van der Waals surface area contributed by atoms with Gasteiger partial charge in [-0.05, 0) is 71.7 Å². The van der Waals surface area contributed by atoms with E-state index in [0.717, 1.165) is 10.5 Å². The summed E-state index contributed by atoms with van der Waals surface area (Å²) in [5.41, 5.74) is 3.59. The van der Waals surface area contributed by atoms with Crippen molar-refractivity contribution in [3.8, 4) is 11.5 Å². The number of hydrogen-bond donors (Lipinski definition) is 2. The summed E-state index contributed by atoms with van der Waals surface area (Å²) in [6.07, 6.45) is 1.66. The van der Waals surface area contributed by atoms with Crippen LogP contribution in [0.4, 0.5) is 5.69 Å². The Hall–Kier alpha value is -4.82. The van der Waals surface area contributed by atoms with Gasteiger partial charge < -0.3 is 20.1 Å². The van der Waals surface area contributed by atoms with Crippen molar-refractivity contribution < 1.29 is 23.9 Å². The predicted molar refractivity (Wildman–Crippen MR) is 165 cm³/mol. The summed E-state index contributed by atoms with van der Waals surface area (Å²) in [5, 5.41) is 5.66. The van der Waals surface area contributed by atoms with Crippen LogP contribution < -0.4 is 20.1 Å². The number of nitrogens with one attached hydrogen (secondary N) is 2. The standard InChI is InChI=1S/C34H30N2O5S/c1-22(2)24-13-11-23(12-14-24)17-29(36-33(38)25-7-4-3-5-8-25)34(39)35-27-9-6-10-28(19-27)42-20-30(37)26-15-16-31-32(18-26)41-21-40-31/h3-19,22H,20-21H2,1-2H3,(H,35,39)(H,36,38)/b29-17-. The van der Waals surface area contributed by atoms with E-state index >= 15 is 0 Å². The number of ether oxygens (including phenoxy) is 2. The maximum Gasteiger partial charge on any atom is 0.272 e. The number of ketones is 1. The van der Waals surface area contributed by atoms with Crippen molar-refractivity contribution in [1.82, 2.24) is 5.32 Å². The van der Waals surface area contributed by atoms with Gasteiger partial charge in [-0.2, -0.15) is 0 Å². The lowest BCUT2D eigenvalue weighted by atomic mass is 10.0. The summed E-state index contributed by atoms with van der Waals surface area (Å²) in [4.78, 5) is 40.0. The number of hydrogen-bond acceptors (Lipinski definition) is 6. The second-order valence-corrected chi connectivity index (χ2v) is 11.0. The van der Waals surface area contributed by atoms with Gasteiger partial charge in [0.25, 0.3) is 11.8 Å². The van der Waals surface area contributed by atoms with Crippen molar-refractivity contribution in [3.05, 3.63) is 125 Å². The predicted octanol–water partition coefficient (Wildman–Crippen LogP) is 6.92. The molecule has 8 heteroatoms. The molecule has 2 amide bonds. The molecule has 42 heavy (non-hydrogen) atoms. The fraction of sp³-hybridized carbons (Fsp3) is 0.147. The Morgan fingerprint density at radius 1 is 0.833 bits per heavy atom. The molecular formula is C34H30N2O5S. The zero-order chi connectivity index (χ0) is 29.5. The smallest absolute Gasteiger partial charge is 0.272 e. The van der Waals surface area contributed by atoms with E-state index in [1.807, 2.05) is 36.4 Å². The van der Waals surface area contributed by atoms with E-state index in [1.54, 1.807) is 66.7 Å². The molecule has 0 aliphatic carbocycles. The average molecular weight is 579 g/mol. The molecule has 1 aliphatic heterocycles. The van der Waals surface area contributed by atoms with E-state index in [1.165, 1.54) is 17.3 Å². The Morgan fingerprint density at radius 2 is 1.60 bits per heavy atom. The number of carbonyl (C=O) groups is 3. The molecule has 1 aliphatic rings. The molecule has 2 N–H and O–H groups in total. The van der Waals surface area contributed by atoms with Gasteiger partial charge in [0, 0.05) is 21.7 Å². The Bertz CT molecular complexity index is 1630. The van der Waals surface area contributed by atoms with Gasteiger partial charge in [-0.25, -0.2) is 0 Å². The van der Waals surface area contributed by atoms with E-state index in [9.17, 15) is 14.4 Å². The Balaban J connectivity index is 1.29. The van der Waals surface area contributed by atoms with Gasteiger partial charge in [0.2, 0.25) is 6.79 Å². The Labute approximate surface area is 248 Å². The molecule has 5 rings (SSSR count). The minimum atomic E-state index is -0.467. The topological polar surface area (TPSA) is 93.7 Å². The first kappa shape index (κ1) is 28.7. The molecule has 0 bridgehead atoms. The molecule has 0 unspecified atom stereocenters. The minimum Gasteiger partial charge on any atom is -0.454 e. The lowest BCUT2D eigenvalue weighted by Crippen LogP contribution is -2.30. The van der Waals surface area contributed by atoms with Crippen LogP contribution in [0.2, 0.25) is 0 Å². The monoisotopic (exact) mass is 578 g/mol. The van der Waals surface area contributed by atoms with Crippen LogP contribution in [0.5, 0.6) is 11.5 Å². The molecule has 212 valence electrons. The number of Topliss-reactive ketones (excluding diaryl/α,β-unsaturated/α-hetero) is 1. The van der Waals surface area contributed by atoms with Gasteiger partial charge in [0.05, 0.1) is 5.75 Å². The summed E-state index contributed by atoms with van der Waals surface area (Å²) in [7, 11) is 0. The van der Waals surface area contributed by atoms with Crippen LogP contribution >= 0.6 is 11.8 Å². The summed E-state index contributed by atoms with van der Waals surface area (Å²) < 4.78 is 10.7. The molecule has 0 saturated carbocycles. The molecule has 1 heterocycles. The fourth-order valence-electron chi connectivity index (χ4n) is 4.25. The number of carbonyl (C=O) groups excluding carboxylic acids is 3. The lowest BCUT2D eigenvalue weighted by molar-refractivity contribution is -0.113. The molecule has 0 saturated heterocycles. The highest BCUT2D eigenvalue weighted by Crippen LogP contribution is 2.33. The SMILES string of the molecule is CC(C)c1ccc(/C=C(\NC(=O)c2ccccc2)C(=O)Nc2cccc(SCC(=O)c3ccc4c(c3)OCO4)c2)cc1. The van der Waals surface area contributed by atoms with Gasteiger partial charge in [0.15, 0.2) is 17.3 Å². The Morgan fingerprint density at radius 3 is 2.36 bits per heavy atom. The first-order chi connectivity index (χ1) is 20.4. The third-order valence-electron chi connectivity index (χ3n) is 6.60. The van der Waals surface area contributed by atoms with E-state index in [0.29, 0.717) is 34.2 Å². The highest BCUT2D eigenvalue weighted by atomic mass is 32.2. The quantitative estimate of drug-likeness (QED) is 0.121. The minimum absolute atomic E-state index is 0.0509. The van der Waals surface area contributed by atoms with Crippen LogP contribution in [-0.2, 0) is 4.79 Å². The van der Waals surface area contributed by atoms with Crippen LogP contribution in [0, 0.1) is 0 Å². The number of anilines is 1. The molecule has 0 spiro atoms. The maximum atomic E-state index is 13.4. The third-order valence-corrected chi connectivity index (χ3v) is 7.59. The zero-order valence-electron chi connectivity index (χ0n) is 23.3. The van der Waals surface area contributed by atoms with Crippen molar-refractivity contribution in [1.29, 1.82) is 0 Å². The van der Waals surface area contributed by atoms with Gasteiger partial charge in [0.1, 0.15) is 5.70 Å². The maximum absolute atomic E-state index is 13.4. The van der Waals surface area contributed by atoms with Gasteiger partial charge in [-0.1, -0.05) is 62.4 Å². The second kappa shape index (κ2) is 13.2. The number of benzene rings is 4. The largest absolute Gasteiger partial charge is 0.454 e. The van der Waals surface area contributed by atoms with Crippen molar-refractivity contribution in [2.24, 2.45) is 0 Å². The first-order valence-electron chi connectivity index (χ1n) is 13.5. The second-order valence-electron chi connectivity index (χ2n) is 9.96. The molecule has 7 nitrogen and oxygen atoms in total. The van der Waals surface area contributed by atoms with Crippen molar-refractivity contribution >= 4 is 41.1 Å². The van der Waals surface area contributed by atoms with Crippen molar-refractivity contribution in [2.75, 3.05) is 17.9 Å². The zero-order valence-corrected chi connectivity index (χ0v) is 24.1. The number of amides is 2. The third kappa shape index (κ3) is 7.27. The molecule has 0 atom stereocenters. The average Bonchev–Trinajstić information content (AvgIpc) is 3.48. The van der Waals surface area contributed by atoms with Crippen LogP contribution in [0.3, 0.4) is 0 Å². The van der Waals surface area contributed by atoms with Crippen molar-refractivity contribution in [3.63, 3.8) is 0 Å². The van der Waals surface area contributed by atoms with Crippen LogP contribution in [0.1, 0.15) is 51.6 Å². The van der Waals surface area contributed by atoms with Gasteiger partial charge >= 0.3 is 0 Å². The van der Waals surface area contributed by atoms with Crippen molar-refractivity contribution in [2.45, 2.75) is 24.7 Å². The lowest BCUT2D eigenvalue weighted by Gasteiger charge is -2.12. The van der Waals surface area contributed by atoms with E-state index < -0.39 is 5.91 Å². The number of rotatable bonds is 10. The normalized spacial score (nSPS) is 12.2. The number of fused-ring (bicyclic) bond motifs is 1. The summed E-state index contributed by atoms with van der Waals surface area (Å²) in [5.74, 6) is 0.874. The number of thioether (sulfide) groups is 1. The van der Waals surface area contributed by atoms with Crippen LogP contribution in [0.15, 0.2) is 108 Å². The first-order valence-corrected chi connectivity index (χ1v) is 14.5. The van der Waals surface area contributed by atoms with Crippen LogP contribution in [-0.4, -0.2) is 30.1 Å². The highest BCUT2D eigenvalue weighted by molar-refractivity contribution is 8.00. The molecule has 4 aromatic carbocycles. The van der Waals surface area contributed by atoms with E-state index in [2.05, 4.69) is 24.5 Å². The molecule has 0 radical (unpaired) electrons. The van der Waals surface area contributed by atoms with Crippen LogP contribution in [0.25, 0.3) is 6.08 Å². The summed E-state index contributed by atoms with van der Waals surface area (Å²) in [6, 6.07) is 29.0. The Kier molecular flexibility index (Phi) is 9.04. The molecule has 0 aromatic heterocycles.